The average Bonchev–Trinajstić information content (AvgIpc) is 3.08. The van der Waals surface area contributed by atoms with Gasteiger partial charge in [-0.15, -0.1) is 26.3 Å². The maximum Gasteiger partial charge on any atom is 0.573 e. The van der Waals surface area contributed by atoms with Gasteiger partial charge in [-0.1, -0.05) is 0 Å². The molecular weight excluding hydrogens is 888 g/mol. The van der Waals surface area contributed by atoms with Gasteiger partial charge in [0.2, 0.25) is 0 Å². The summed E-state index contributed by atoms with van der Waals surface area (Å²) in [4.78, 5) is 22.1. The van der Waals surface area contributed by atoms with Gasteiger partial charge in [0, 0.05) is 35.6 Å². The highest BCUT2D eigenvalue weighted by molar-refractivity contribution is 5.92. The second kappa shape index (κ2) is 17.5. The molecule has 4 aromatic carbocycles. The molecule has 0 aliphatic carbocycles. The van der Waals surface area contributed by atoms with Gasteiger partial charge in [0.15, 0.2) is 46.5 Å². The lowest BCUT2D eigenvalue weighted by Crippen LogP contribution is -2.19. The van der Waals surface area contributed by atoms with E-state index in [9.17, 15) is 97.4 Å². The number of rotatable bonds is 10. The van der Waals surface area contributed by atoms with Crippen LogP contribution in [0.25, 0.3) is 0 Å². The van der Waals surface area contributed by atoms with Crippen LogP contribution in [0.4, 0.5) is 99.2 Å². The largest absolute Gasteiger partial charge is 0.573 e. The van der Waals surface area contributed by atoms with Gasteiger partial charge < -0.3 is 30.3 Å². The standard InChI is InChI=1S/2C16H7F10NO3/c2*17-10-7(11(18)13(20)9(12(10)19)15(21,22)23)4-27-5-1-2-8(30-16(24,25)26)6(3-5)14(28)29/h2*1-3,27H,4H2,(H,28,29). The lowest BCUT2D eigenvalue weighted by molar-refractivity contribution is -0.275. The van der Waals surface area contributed by atoms with Crippen molar-refractivity contribution in [2.45, 2.75) is 38.2 Å². The molecule has 328 valence electrons. The van der Waals surface area contributed by atoms with E-state index in [-0.39, 0.29) is 0 Å². The molecule has 0 aromatic heterocycles. The quantitative estimate of drug-likeness (QED) is 0.0918. The van der Waals surface area contributed by atoms with E-state index < -0.39 is 153 Å². The Morgan fingerprint density at radius 3 is 0.950 bits per heavy atom. The Hall–Kier alpha value is -6.38. The predicted octanol–water partition coefficient (Wildman–Crippen LogP) is 10.9. The number of carboxylic acids is 2. The number of anilines is 2. The molecular formula is C32H14F20N2O6. The van der Waals surface area contributed by atoms with Gasteiger partial charge in [-0.25, -0.2) is 44.7 Å². The highest BCUT2D eigenvalue weighted by atomic mass is 19.4. The number of ether oxygens (including phenoxy) is 2. The van der Waals surface area contributed by atoms with Crippen LogP contribution in [-0.2, 0) is 25.4 Å². The number of nitrogens with one attached hydrogen (secondary N) is 2. The molecule has 4 rings (SSSR count). The zero-order chi connectivity index (χ0) is 46.0. The lowest BCUT2D eigenvalue weighted by atomic mass is 10.1. The monoisotopic (exact) mass is 902 g/mol. The molecule has 60 heavy (non-hydrogen) atoms. The summed E-state index contributed by atoms with van der Waals surface area (Å²) < 4.78 is 266. The van der Waals surface area contributed by atoms with Gasteiger partial charge in [-0.05, 0) is 36.4 Å². The summed E-state index contributed by atoms with van der Waals surface area (Å²) in [6.45, 7) is -2.36. The molecule has 0 saturated carbocycles. The average molecular weight is 902 g/mol. The summed E-state index contributed by atoms with van der Waals surface area (Å²) in [5, 5.41) is 22.0. The Kier molecular flexibility index (Phi) is 14.0. The maximum absolute atomic E-state index is 13.8. The molecule has 4 N–H and O–H groups in total. The first-order valence-electron chi connectivity index (χ1n) is 14.8. The predicted molar refractivity (Wildman–Crippen MR) is 157 cm³/mol. The van der Waals surface area contributed by atoms with Gasteiger partial charge in [0.25, 0.3) is 0 Å². The van der Waals surface area contributed by atoms with E-state index in [1.165, 1.54) is 0 Å². The third kappa shape index (κ3) is 11.4. The summed E-state index contributed by atoms with van der Waals surface area (Å²) in [7, 11) is 0. The molecule has 0 bridgehead atoms. The van der Waals surface area contributed by atoms with E-state index in [0.717, 1.165) is 12.1 Å². The molecule has 0 fully saturated rings. The Morgan fingerprint density at radius 1 is 0.467 bits per heavy atom. The Balaban J connectivity index is 0.000000320. The van der Waals surface area contributed by atoms with Crippen LogP contribution in [0, 0.1) is 46.5 Å². The topological polar surface area (TPSA) is 117 Å². The third-order valence-corrected chi connectivity index (χ3v) is 7.09. The minimum atomic E-state index is -5.73. The summed E-state index contributed by atoms with van der Waals surface area (Å²) in [5.74, 6) is -26.3. The summed E-state index contributed by atoms with van der Waals surface area (Å²) in [6, 6.07) is 3.66. The Morgan fingerprint density at radius 2 is 0.733 bits per heavy atom. The van der Waals surface area contributed by atoms with Crippen molar-refractivity contribution in [1.29, 1.82) is 0 Å². The number of carbonyl (C=O) groups is 2. The number of hydrogen-bond acceptors (Lipinski definition) is 6. The maximum atomic E-state index is 13.8. The third-order valence-electron chi connectivity index (χ3n) is 7.09. The van der Waals surface area contributed by atoms with Crippen LogP contribution in [0.3, 0.4) is 0 Å². The smallest absolute Gasteiger partial charge is 0.478 e. The molecule has 0 aliphatic heterocycles. The van der Waals surface area contributed by atoms with Crippen molar-refractivity contribution in [3.8, 4) is 11.5 Å². The van der Waals surface area contributed by atoms with E-state index in [4.69, 9.17) is 10.2 Å². The summed E-state index contributed by atoms with van der Waals surface area (Å²) in [6.07, 6.45) is -21.9. The zero-order valence-corrected chi connectivity index (χ0v) is 28.0. The molecule has 0 atom stereocenters. The number of halogens is 20. The van der Waals surface area contributed by atoms with Crippen LogP contribution in [0.5, 0.6) is 11.5 Å². The first kappa shape index (κ1) is 48.0. The fraction of sp³-hybridized carbons (Fsp3) is 0.188. The van der Waals surface area contributed by atoms with E-state index >= 15 is 0 Å². The summed E-state index contributed by atoms with van der Waals surface area (Å²) in [5.41, 5.74) is -11.4. The first-order valence-corrected chi connectivity index (χ1v) is 14.8. The van der Waals surface area contributed by atoms with E-state index in [1.54, 1.807) is 0 Å². The van der Waals surface area contributed by atoms with Gasteiger partial charge >= 0.3 is 37.0 Å². The van der Waals surface area contributed by atoms with Gasteiger partial charge in [0.1, 0.15) is 33.8 Å². The fourth-order valence-electron chi connectivity index (χ4n) is 4.58. The molecule has 8 nitrogen and oxygen atoms in total. The first-order chi connectivity index (χ1) is 27.3. The van der Waals surface area contributed by atoms with Crippen molar-refractivity contribution in [3.63, 3.8) is 0 Å². The second-order valence-corrected chi connectivity index (χ2v) is 11.0. The molecule has 0 spiro atoms. The van der Waals surface area contributed by atoms with Crippen molar-refractivity contribution >= 4 is 23.3 Å². The molecule has 0 unspecified atom stereocenters. The van der Waals surface area contributed by atoms with E-state index in [0.29, 0.717) is 24.3 Å². The van der Waals surface area contributed by atoms with Crippen molar-refractivity contribution < 1.29 is 117 Å². The molecule has 28 heteroatoms. The van der Waals surface area contributed by atoms with Gasteiger partial charge in [-0.3, -0.25) is 0 Å². The molecule has 0 heterocycles. The van der Waals surface area contributed by atoms with Gasteiger partial charge in [-0.2, -0.15) is 26.3 Å². The number of alkyl halides is 12. The van der Waals surface area contributed by atoms with Crippen molar-refractivity contribution in [3.05, 3.63) is 116 Å². The van der Waals surface area contributed by atoms with Crippen molar-refractivity contribution in [2.24, 2.45) is 0 Å². The molecule has 0 aliphatic rings. The molecule has 0 saturated heterocycles. The highest BCUT2D eigenvalue weighted by Crippen LogP contribution is 2.39. The van der Waals surface area contributed by atoms with Crippen LogP contribution < -0.4 is 20.1 Å². The molecule has 0 radical (unpaired) electrons. The fourth-order valence-corrected chi connectivity index (χ4v) is 4.58. The Bertz CT molecular complexity index is 2070. The van der Waals surface area contributed by atoms with E-state index in [2.05, 4.69) is 9.47 Å². The minimum Gasteiger partial charge on any atom is -0.478 e. The van der Waals surface area contributed by atoms with Crippen molar-refractivity contribution in [2.75, 3.05) is 10.6 Å². The summed E-state index contributed by atoms with van der Waals surface area (Å²) >= 11 is 0. The lowest BCUT2D eigenvalue weighted by Gasteiger charge is -2.16. The number of aromatic carboxylic acids is 2. The molecule has 0 amide bonds. The van der Waals surface area contributed by atoms with Crippen molar-refractivity contribution in [1.82, 2.24) is 0 Å². The Labute approximate surface area is 317 Å². The van der Waals surface area contributed by atoms with Gasteiger partial charge in [0.05, 0.1) is 0 Å². The highest BCUT2D eigenvalue weighted by Gasteiger charge is 2.43. The second-order valence-electron chi connectivity index (χ2n) is 11.0. The molecule has 4 aromatic rings. The van der Waals surface area contributed by atoms with E-state index in [1.807, 2.05) is 10.6 Å². The van der Waals surface area contributed by atoms with Crippen LogP contribution in [0.2, 0.25) is 0 Å². The zero-order valence-electron chi connectivity index (χ0n) is 28.0. The van der Waals surface area contributed by atoms with Crippen LogP contribution >= 0.6 is 0 Å². The number of hydrogen-bond donors (Lipinski definition) is 4. The van der Waals surface area contributed by atoms with Crippen LogP contribution in [0.1, 0.15) is 43.0 Å². The normalized spacial score (nSPS) is 12.1. The SMILES string of the molecule is O=C(O)c1cc(NCc2c(F)c(F)c(C(F)(F)F)c(F)c2F)ccc1OC(F)(F)F.O=C(O)c1cc(NCc2c(F)c(F)c(C(F)(F)F)c(F)c2F)ccc1OC(F)(F)F. The number of benzene rings is 4. The number of carboxylic acid groups (broad SMARTS) is 2. The van der Waals surface area contributed by atoms with Crippen LogP contribution in [-0.4, -0.2) is 34.9 Å². The minimum absolute atomic E-state index is 0.401. The van der Waals surface area contributed by atoms with Crippen LogP contribution in [0.15, 0.2) is 36.4 Å².